The van der Waals surface area contributed by atoms with Crippen molar-refractivity contribution in [1.29, 1.82) is 0 Å². The van der Waals surface area contributed by atoms with Gasteiger partial charge in [-0.3, -0.25) is 14.5 Å². The van der Waals surface area contributed by atoms with E-state index < -0.39 is 0 Å². The number of carbonyl (C=O) groups excluding carboxylic acids is 2. The quantitative estimate of drug-likeness (QED) is 0.894. The molecule has 2 aliphatic heterocycles. The van der Waals surface area contributed by atoms with Crippen molar-refractivity contribution in [3.8, 4) is 0 Å². The molecule has 0 aromatic heterocycles. The number of anilines is 1. The Morgan fingerprint density at radius 2 is 1.76 bits per heavy atom. The SMILES string of the molecule is CCc1ccccc1NC(=O)CN1CCC(C(=O)N2CCCC2)CC1. The smallest absolute Gasteiger partial charge is 0.238 e. The van der Waals surface area contributed by atoms with E-state index in [1.165, 1.54) is 0 Å². The average molecular weight is 343 g/mol. The normalized spacial score (nSPS) is 19.2. The Morgan fingerprint density at radius 3 is 2.44 bits per heavy atom. The minimum Gasteiger partial charge on any atom is -0.342 e. The summed E-state index contributed by atoms with van der Waals surface area (Å²) in [4.78, 5) is 29.0. The van der Waals surface area contributed by atoms with Crippen LogP contribution in [0.5, 0.6) is 0 Å². The Balaban J connectivity index is 1.45. The van der Waals surface area contributed by atoms with Gasteiger partial charge in [0.2, 0.25) is 11.8 Å². The summed E-state index contributed by atoms with van der Waals surface area (Å²) in [6.45, 7) is 6.01. The molecular weight excluding hydrogens is 314 g/mol. The maximum absolute atomic E-state index is 12.5. The summed E-state index contributed by atoms with van der Waals surface area (Å²) in [5, 5.41) is 3.03. The number of hydrogen-bond donors (Lipinski definition) is 1. The summed E-state index contributed by atoms with van der Waals surface area (Å²) in [7, 11) is 0. The number of hydrogen-bond acceptors (Lipinski definition) is 3. The molecule has 0 unspecified atom stereocenters. The summed E-state index contributed by atoms with van der Waals surface area (Å²) in [5.74, 6) is 0.516. The van der Waals surface area contributed by atoms with Crippen molar-refractivity contribution < 1.29 is 9.59 Å². The maximum Gasteiger partial charge on any atom is 0.238 e. The van der Waals surface area contributed by atoms with Crippen LogP contribution in [0.15, 0.2) is 24.3 Å². The van der Waals surface area contributed by atoms with Gasteiger partial charge in [0.1, 0.15) is 0 Å². The molecule has 5 nitrogen and oxygen atoms in total. The molecule has 0 bridgehead atoms. The zero-order valence-electron chi connectivity index (χ0n) is 15.2. The lowest BCUT2D eigenvalue weighted by atomic mass is 9.95. The van der Waals surface area contributed by atoms with Crippen LogP contribution in [0.3, 0.4) is 0 Å². The number of para-hydroxylation sites is 1. The van der Waals surface area contributed by atoms with Crippen LogP contribution in [0.2, 0.25) is 0 Å². The van der Waals surface area contributed by atoms with Gasteiger partial charge >= 0.3 is 0 Å². The highest BCUT2D eigenvalue weighted by molar-refractivity contribution is 5.93. The van der Waals surface area contributed by atoms with Gasteiger partial charge in [-0.05, 0) is 56.8 Å². The molecule has 3 rings (SSSR count). The minimum absolute atomic E-state index is 0.0326. The summed E-state index contributed by atoms with van der Waals surface area (Å²) in [6, 6.07) is 7.95. The molecule has 5 heteroatoms. The van der Waals surface area contributed by atoms with E-state index >= 15 is 0 Å². The minimum atomic E-state index is 0.0326. The first-order valence-corrected chi connectivity index (χ1v) is 9.56. The molecule has 25 heavy (non-hydrogen) atoms. The van der Waals surface area contributed by atoms with Crippen LogP contribution >= 0.6 is 0 Å². The monoisotopic (exact) mass is 343 g/mol. The van der Waals surface area contributed by atoms with Crippen LogP contribution in [0.4, 0.5) is 5.69 Å². The molecule has 2 saturated heterocycles. The van der Waals surface area contributed by atoms with Crippen molar-refractivity contribution in [2.75, 3.05) is 38.0 Å². The summed E-state index contributed by atoms with van der Waals surface area (Å²) < 4.78 is 0. The van der Waals surface area contributed by atoms with Crippen molar-refractivity contribution in [2.45, 2.75) is 39.0 Å². The average Bonchev–Trinajstić information content (AvgIpc) is 3.17. The zero-order valence-corrected chi connectivity index (χ0v) is 15.2. The Bertz CT molecular complexity index is 603. The van der Waals surface area contributed by atoms with E-state index in [0.717, 1.165) is 69.5 Å². The van der Waals surface area contributed by atoms with Crippen molar-refractivity contribution in [3.63, 3.8) is 0 Å². The second kappa shape index (κ2) is 8.48. The van der Waals surface area contributed by atoms with Gasteiger partial charge in [0.05, 0.1) is 6.54 Å². The summed E-state index contributed by atoms with van der Waals surface area (Å²) in [5.41, 5.74) is 2.07. The molecule has 136 valence electrons. The molecule has 0 atom stereocenters. The number of carbonyl (C=O) groups is 2. The Kier molecular flexibility index (Phi) is 6.08. The second-order valence-electron chi connectivity index (χ2n) is 7.14. The molecule has 0 aliphatic carbocycles. The summed E-state index contributed by atoms with van der Waals surface area (Å²) >= 11 is 0. The van der Waals surface area contributed by atoms with Gasteiger partial charge in [-0.2, -0.15) is 0 Å². The van der Waals surface area contributed by atoms with Gasteiger partial charge in [0, 0.05) is 24.7 Å². The number of nitrogens with zero attached hydrogens (tertiary/aromatic N) is 2. The lowest BCUT2D eigenvalue weighted by molar-refractivity contribution is -0.136. The number of rotatable bonds is 5. The first-order chi connectivity index (χ1) is 12.2. The molecule has 0 spiro atoms. The van der Waals surface area contributed by atoms with Gasteiger partial charge < -0.3 is 10.2 Å². The van der Waals surface area contributed by atoms with Gasteiger partial charge in [-0.25, -0.2) is 0 Å². The molecule has 2 amide bonds. The lowest BCUT2D eigenvalue weighted by Crippen LogP contribution is -2.43. The van der Waals surface area contributed by atoms with E-state index in [0.29, 0.717) is 12.5 Å². The highest BCUT2D eigenvalue weighted by Crippen LogP contribution is 2.22. The lowest BCUT2D eigenvalue weighted by Gasteiger charge is -2.32. The molecule has 1 aromatic rings. The van der Waals surface area contributed by atoms with Crippen molar-refractivity contribution in [2.24, 2.45) is 5.92 Å². The highest BCUT2D eigenvalue weighted by Gasteiger charge is 2.30. The van der Waals surface area contributed by atoms with Crippen molar-refractivity contribution in [3.05, 3.63) is 29.8 Å². The van der Waals surface area contributed by atoms with Gasteiger partial charge in [-0.1, -0.05) is 25.1 Å². The molecule has 0 saturated carbocycles. The zero-order chi connectivity index (χ0) is 17.6. The molecule has 0 radical (unpaired) electrons. The van der Waals surface area contributed by atoms with E-state index in [9.17, 15) is 9.59 Å². The highest BCUT2D eigenvalue weighted by atomic mass is 16.2. The number of aryl methyl sites for hydroxylation is 1. The number of nitrogens with one attached hydrogen (secondary N) is 1. The Labute approximate surface area is 150 Å². The number of benzene rings is 1. The fourth-order valence-corrected chi connectivity index (χ4v) is 3.88. The molecule has 1 N–H and O–H groups in total. The molecule has 2 heterocycles. The van der Waals surface area contributed by atoms with Crippen LogP contribution in [-0.2, 0) is 16.0 Å². The Morgan fingerprint density at radius 1 is 1.08 bits per heavy atom. The predicted octanol–water partition coefficient (Wildman–Crippen LogP) is 2.52. The second-order valence-corrected chi connectivity index (χ2v) is 7.14. The van der Waals surface area contributed by atoms with Gasteiger partial charge in [0.15, 0.2) is 0 Å². The van der Waals surface area contributed by atoms with Gasteiger partial charge in [-0.15, -0.1) is 0 Å². The molecule has 2 aliphatic rings. The van der Waals surface area contributed by atoms with E-state index in [-0.39, 0.29) is 11.8 Å². The van der Waals surface area contributed by atoms with Gasteiger partial charge in [0.25, 0.3) is 0 Å². The fourth-order valence-electron chi connectivity index (χ4n) is 3.88. The topological polar surface area (TPSA) is 52.7 Å². The number of likely N-dealkylation sites (tertiary alicyclic amines) is 2. The number of amides is 2. The fraction of sp³-hybridized carbons (Fsp3) is 0.600. The third-order valence-electron chi connectivity index (χ3n) is 5.39. The number of piperidine rings is 1. The Hall–Kier alpha value is -1.88. The van der Waals surface area contributed by atoms with Crippen LogP contribution in [0, 0.1) is 5.92 Å². The largest absolute Gasteiger partial charge is 0.342 e. The predicted molar refractivity (Wildman–Crippen MR) is 99.4 cm³/mol. The molecular formula is C20H29N3O2. The third-order valence-corrected chi connectivity index (χ3v) is 5.39. The van der Waals surface area contributed by atoms with Crippen LogP contribution < -0.4 is 5.32 Å². The van der Waals surface area contributed by atoms with Crippen LogP contribution in [0.1, 0.15) is 38.2 Å². The van der Waals surface area contributed by atoms with E-state index in [1.54, 1.807) is 0 Å². The van der Waals surface area contributed by atoms with E-state index in [4.69, 9.17) is 0 Å². The van der Waals surface area contributed by atoms with Crippen LogP contribution in [0.25, 0.3) is 0 Å². The first-order valence-electron chi connectivity index (χ1n) is 9.56. The van der Waals surface area contributed by atoms with E-state index in [2.05, 4.69) is 17.1 Å². The van der Waals surface area contributed by atoms with Crippen molar-refractivity contribution in [1.82, 2.24) is 9.80 Å². The first kappa shape index (κ1) is 17.9. The van der Waals surface area contributed by atoms with Crippen molar-refractivity contribution >= 4 is 17.5 Å². The van der Waals surface area contributed by atoms with Crippen LogP contribution in [-0.4, -0.2) is 54.3 Å². The summed E-state index contributed by atoms with van der Waals surface area (Å²) in [6.07, 6.45) is 4.93. The third kappa shape index (κ3) is 4.60. The maximum atomic E-state index is 12.5. The molecule has 2 fully saturated rings. The molecule has 1 aromatic carbocycles. The van der Waals surface area contributed by atoms with E-state index in [1.807, 2.05) is 29.2 Å². The standard InChI is InChI=1S/C20H29N3O2/c1-2-16-7-3-4-8-18(16)21-19(24)15-22-13-9-17(10-14-22)20(25)23-11-5-6-12-23/h3-4,7-8,17H,2,5-6,9-15H2,1H3,(H,21,24).